The molecule has 0 spiro atoms. The summed E-state index contributed by atoms with van der Waals surface area (Å²) in [7, 11) is 0. The molecule has 0 bridgehead atoms. The van der Waals surface area contributed by atoms with Crippen molar-refractivity contribution < 1.29 is 123 Å². The average molecular weight is 1560 g/mol. The molecule has 0 atom stereocenters. The third kappa shape index (κ3) is 26.1. The number of nitrogens with zero attached hydrogens (tertiary/aromatic N) is 7. The number of carboxylic acids is 3. The van der Waals surface area contributed by atoms with Gasteiger partial charge in [0.05, 0.1) is 28.6 Å². The number of rotatable bonds is 19. The van der Waals surface area contributed by atoms with Gasteiger partial charge >= 0.3 is 63.3 Å². The minimum Gasteiger partial charge on any atom is -0.550 e. The van der Waals surface area contributed by atoms with E-state index in [4.69, 9.17) is 10.8 Å². The summed E-state index contributed by atoms with van der Waals surface area (Å²) in [4.78, 5) is 141. The van der Waals surface area contributed by atoms with Crippen LogP contribution < -0.4 is 73.1 Å². The number of halogens is 3. The summed E-state index contributed by atoms with van der Waals surface area (Å²) >= 11 is 0. The second kappa shape index (κ2) is 45.4. The summed E-state index contributed by atoms with van der Waals surface area (Å²) in [5.41, 5.74) is 15.5. The van der Waals surface area contributed by atoms with Crippen LogP contribution in [0.5, 0.6) is 0 Å². The van der Waals surface area contributed by atoms with Crippen LogP contribution in [0.4, 0.5) is 13.2 Å². The van der Waals surface area contributed by atoms with Crippen molar-refractivity contribution in [3.63, 3.8) is 0 Å². The van der Waals surface area contributed by atoms with Crippen LogP contribution in [0.25, 0.3) is 55.4 Å². The first-order chi connectivity index (χ1) is 54.2. The molecule has 0 fully saturated rings. The van der Waals surface area contributed by atoms with Gasteiger partial charge in [-0.25, -0.2) is 32.7 Å². The van der Waals surface area contributed by atoms with Crippen molar-refractivity contribution in [3.05, 3.63) is 362 Å². The van der Waals surface area contributed by atoms with Crippen molar-refractivity contribution in [3.8, 4) is 33.4 Å². The number of aromatic carboxylic acids is 2. The Labute approximate surface area is 694 Å². The first kappa shape index (κ1) is 89.9. The van der Waals surface area contributed by atoms with Gasteiger partial charge in [-0.3, -0.25) is 53.3 Å². The number of allylic oxidation sites excluding steroid dienone is 2. The molecule has 26 heteroatoms. The number of fused-ring (bicyclic) bond motifs is 2. The third-order valence-electron chi connectivity index (χ3n) is 16.2. The molecule has 7 heterocycles. The Morgan fingerprint density at radius 3 is 1.12 bits per heavy atom. The third-order valence-corrected chi connectivity index (χ3v) is 16.2. The van der Waals surface area contributed by atoms with E-state index in [0.29, 0.717) is 30.7 Å². The van der Waals surface area contributed by atoms with Crippen LogP contribution in [0.3, 0.4) is 0 Å². The number of Topliss-reactive ketones (excluding diaryl/α,β-unsaturated/α-hetero) is 6. The molecular formula is C88H74F3KN8O14. The molecule has 572 valence electrons. The van der Waals surface area contributed by atoms with Gasteiger partial charge in [0, 0.05) is 75.4 Å². The van der Waals surface area contributed by atoms with Gasteiger partial charge in [-0.1, -0.05) is 170 Å². The molecule has 7 aromatic heterocycles. The van der Waals surface area contributed by atoms with Crippen LogP contribution in [0.1, 0.15) is 116 Å². The van der Waals surface area contributed by atoms with E-state index in [2.05, 4.69) is 73.5 Å². The molecule has 0 unspecified atom stereocenters. The van der Waals surface area contributed by atoms with Crippen molar-refractivity contribution in [2.45, 2.75) is 67.1 Å². The fraction of sp³-hybridized carbons (Fsp3) is 0.114. The maximum atomic E-state index is 13.2. The topological polar surface area (TPSA) is 352 Å². The molecule has 0 aliphatic rings. The van der Waals surface area contributed by atoms with Gasteiger partial charge in [-0.2, -0.15) is 0 Å². The first-order valence-corrected chi connectivity index (χ1v) is 34.5. The van der Waals surface area contributed by atoms with E-state index in [1.165, 1.54) is 99.6 Å². The molecule has 0 radical (unpaired) electrons. The normalized spacial score (nSPS) is 10.3. The maximum Gasteiger partial charge on any atom is 1.00 e. The van der Waals surface area contributed by atoms with E-state index in [0.717, 1.165) is 57.1 Å². The molecule has 0 aliphatic carbocycles. The van der Waals surface area contributed by atoms with Gasteiger partial charge in [0.15, 0.2) is 40.5 Å². The van der Waals surface area contributed by atoms with Crippen LogP contribution in [-0.4, -0.2) is 96.9 Å². The largest absolute Gasteiger partial charge is 1.00 e. The summed E-state index contributed by atoms with van der Waals surface area (Å²) in [6.07, 6.45) is 10.6. The van der Waals surface area contributed by atoms with Crippen molar-refractivity contribution in [2.24, 2.45) is 5.73 Å². The van der Waals surface area contributed by atoms with Crippen LogP contribution in [-0.2, 0) is 38.8 Å². The summed E-state index contributed by atoms with van der Waals surface area (Å²) in [5.74, 6) is -8.70. The Hall–Kier alpha value is -13.0. The summed E-state index contributed by atoms with van der Waals surface area (Å²) in [5, 5.41) is 27.1. The van der Waals surface area contributed by atoms with Gasteiger partial charge in [0.25, 0.3) is 0 Å². The number of pyridine rings is 7. The van der Waals surface area contributed by atoms with Crippen LogP contribution in [0, 0.1) is 17.5 Å². The summed E-state index contributed by atoms with van der Waals surface area (Å²) < 4.78 is 42.2. The number of aromatic nitrogens is 7. The van der Waals surface area contributed by atoms with Crippen molar-refractivity contribution in [2.75, 3.05) is 0 Å². The first-order valence-electron chi connectivity index (χ1n) is 34.5. The van der Waals surface area contributed by atoms with E-state index in [9.17, 15) is 76.1 Å². The van der Waals surface area contributed by atoms with Gasteiger partial charge in [0.1, 0.15) is 39.6 Å². The van der Waals surface area contributed by atoms with Crippen LogP contribution >= 0.6 is 0 Å². The minimum absolute atomic E-state index is 0. The van der Waals surface area contributed by atoms with Crippen molar-refractivity contribution in [1.82, 2.24) is 34.1 Å². The van der Waals surface area contributed by atoms with E-state index < -0.39 is 70.3 Å². The van der Waals surface area contributed by atoms with Gasteiger partial charge < -0.3 is 35.0 Å². The fourth-order valence-corrected chi connectivity index (χ4v) is 11.0. The number of benzene rings is 6. The SMILES string of the molecule is CC(=O)CC(=O)[O-].CC(=O)CC(=O)c1ncccc1F.CC(=O)c1cn(Cc2ccccc2-c2ccccc2)c2cccnc2c1=O.CC=C(C(C)=O)C(=O)c1ncccc1F.NCc1ccccc1-c1ccccc1.O=C(O)c1cn(Cc2ccccc2-c2ccccc2)c2cccnc2c1=O.O=C(O)c1ncccc1F.[K+]. The Bertz CT molecular complexity index is 5550. The quantitative estimate of drug-likeness (QED) is 0.0223. The predicted octanol–water partition coefficient (Wildman–Crippen LogP) is 10.9. The van der Waals surface area contributed by atoms with E-state index in [-0.39, 0.29) is 114 Å². The van der Waals surface area contributed by atoms with Crippen molar-refractivity contribution in [1.29, 1.82) is 0 Å². The molecule has 0 amide bonds. The number of carbonyl (C=O) groups is 9. The number of ketones is 6. The van der Waals surface area contributed by atoms with E-state index in [1.54, 1.807) is 42.1 Å². The molecule has 0 saturated heterocycles. The molecule has 4 N–H and O–H groups in total. The molecule has 114 heavy (non-hydrogen) atoms. The molecule has 0 aliphatic heterocycles. The second-order valence-corrected chi connectivity index (χ2v) is 24.3. The molecule has 6 aromatic carbocycles. The number of hydrogen-bond donors (Lipinski definition) is 3. The van der Waals surface area contributed by atoms with Gasteiger partial charge in [-0.05, 0) is 145 Å². The van der Waals surface area contributed by atoms with Crippen molar-refractivity contribution >= 4 is 74.7 Å². The molecule has 0 saturated carbocycles. The monoisotopic (exact) mass is 1560 g/mol. The molecular weight excluding hydrogens is 1490 g/mol. The van der Waals surface area contributed by atoms with E-state index in [1.807, 2.05) is 126 Å². The predicted molar refractivity (Wildman–Crippen MR) is 419 cm³/mol. The fourth-order valence-electron chi connectivity index (χ4n) is 11.0. The van der Waals surface area contributed by atoms with Crippen LogP contribution in [0.15, 0.2) is 289 Å². The number of aliphatic carboxylic acids is 1. The minimum atomic E-state index is -1.35. The number of hydrogen-bond acceptors (Lipinski definition) is 18. The smallest absolute Gasteiger partial charge is 0.550 e. The number of carboxylic acid groups (broad SMARTS) is 3. The standard InChI is InChI=1S/C23H18N2O2.C22H16N2O3.C13H13N.C11H10FNO2.C9H8FNO2.C6H4FNO2.C4H6O3.K/c1-16(26)20-15-25(21-12-7-13-24-22(21)23(20)27)14-18-10-5-6-11-19(18)17-8-3-2-4-9-17;25-21-18(22(26)27)14-24(19-11-6-12-23-20(19)21)13-16-9-4-5-10-17(16)15-7-2-1-3-8-15;14-10-12-8-4-5-9-13(12)11-6-2-1-3-7-11;1-3-8(7(2)14)11(15)10-9(12)5-4-6-13-10;1-6(12)5-8(13)9-7(10)3-2-4-11-9;7-4-2-1-3-8-5(4)6(9)10;1-3(5)2-4(6)7;/h2-13,15H,14H2,1H3;1-12,14H,13H2,(H,26,27);1-9H,10,14H2;3-6H,1-2H3;2-4H,5H2,1H3;1-3H,(H,9,10);2H2,1H3,(H,6,7);/q;;;;;;;+1/p-1. The Morgan fingerprint density at radius 2 is 0.781 bits per heavy atom. The Morgan fingerprint density at radius 1 is 0.430 bits per heavy atom. The van der Waals surface area contributed by atoms with Gasteiger partial charge in [-0.15, -0.1) is 0 Å². The molecule has 13 rings (SSSR count). The maximum absolute atomic E-state index is 13.2. The summed E-state index contributed by atoms with van der Waals surface area (Å²) in [6.45, 7) is 8.25. The second-order valence-electron chi connectivity index (χ2n) is 24.3. The van der Waals surface area contributed by atoms with E-state index >= 15 is 0 Å². The molecule has 22 nitrogen and oxygen atoms in total. The zero-order valence-corrected chi connectivity index (χ0v) is 65.8. The Balaban J connectivity index is 0.000000216. The average Bonchev–Trinajstić information content (AvgIpc) is 0.782. The molecule has 13 aromatic rings. The van der Waals surface area contributed by atoms with Crippen LogP contribution in [0.2, 0.25) is 0 Å². The zero-order valence-electron chi connectivity index (χ0n) is 62.7. The number of carbonyl (C=O) groups excluding carboxylic acids is 7. The van der Waals surface area contributed by atoms with Gasteiger partial charge in [0.2, 0.25) is 16.6 Å². The number of nitrogens with two attached hydrogens (primary N) is 1. The Kier molecular flexibility index (Phi) is 35.8. The summed E-state index contributed by atoms with van der Waals surface area (Å²) in [6, 6.07) is 69.4. The zero-order chi connectivity index (χ0) is 82.1.